The molecule has 3 rings (SSSR count). The fourth-order valence-corrected chi connectivity index (χ4v) is 3.49. The summed E-state index contributed by atoms with van der Waals surface area (Å²) in [5, 5.41) is 1.48. The van der Waals surface area contributed by atoms with Gasteiger partial charge in [-0.1, -0.05) is 23.2 Å². The highest BCUT2D eigenvalue weighted by Crippen LogP contribution is 2.32. The van der Waals surface area contributed by atoms with Crippen LogP contribution in [0.25, 0.3) is 16.7 Å². The molecule has 11 heteroatoms. The number of esters is 1. The van der Waals surface area contributed by atoms with Crippen LogP contribution in [0.15, 0.2) is 23.1 Å². The molecule has 0 unspecified atom stereocenters. The number of carbonyl (C=O) groups is 1. The molecule has 0 bridgehead atoms. The Morgan fingerprint density at radius 3 is 2.44 bits per heavy atom. The summed E-state index contributed by atoms with van der Waals surface area (Å²) in [5.74, 6) is -4.94. The van der Waals surface area contributed by atoms with E-state index in [2.05, 4.69) is 10.3 Å². The summed E-state index contributed by atoms with van der Waals surface area (Å²) in [5.41, 5.74) is -2.31. The zero-order valence-corrected chi connectivity index (χ0v) is 19.0. The molecule has 170 valence electrons. The number of pyridine rings is 2. The monoisotopic (exact) mass is 487 g/mol. The van der Waals surface area contributed by atoms with Crippen molar-refractivity contribution in [2.24, 2.45) is 0 Å². The quantitative estimate of drug-likeness (QED) is 0.388. The zero-order valence-electron chi connectivity index (χ0n) is 17.4. The number of aromatic nitrogens is 2. The average Bonchev–Trinajstić information content (AvgIpc) is 2.68. The Hall–Kier alpha value is -2.78. The Kier molecular flexibility index (Phi) is 6.44. The van der Waals surface area contributed by atoms with Crippen molar-refractivity contribution in [2.75, 3.05) is 11.9 Å². The Morgan fingerprint density at radius 1 is 1.19 bits per heavy atom. The van der Waals surface area contributed by atoms with Crippen molar-refractivity contribution in [1.82, 2.24) is 9.55 Å². The first kappa shape index (κ1) is 23.9. The minimum atomic E-state index is -1.41. The lowest BCUT2D eigenvalue weighted by molar-refractivity contribution is 0.0524. The molecule has 0 aliphatic rings. The van der Waals surface area contributed by atoms with E-state index in [4.69, 9.17) is 27.9 Å². The van der Waals surface area contributed by atoms with Gasteiger partial charge in [0.15, 0.2) is 29.1 Å². The van der Waals surface area contributed by atoms with E-state index in [-0.39, 0.29) is 28.8 Å². The van der Waals surface area contributed by atoms with E-state index < -0.39 is 50.4 Å². The third kappa shape index (κ3) is 4.40. The molecule has 1 aromatic carbocycles. The number of benzene rings is 1. The van der Waals surface area contributed by atoms with E-state index in [9.17, 15) is 22.8 Å². The highest BCUT2D eigenvalue weighted by atomic mass is 35.5. The second kappa shape index (κ2) is 8.63. The lowest BCUT2D eigenvalue weighted by Gasteiger charge is -2.23. The number of nitrogens with zero attached hydrogens (tertiary/aromatic N) is 2. The van der Waals surface area contributed by atoms with Gasteiger partial charge < -0.3 is 10.1 Å². The topological polar surface area (TPSA) is 73.2 Å². The molecule has 0 saturated carbocycles. The zero-order chi connectivity index (χ0) is 24.0. The summed E-state index contributed by atoms with van der Waals surface area (Å²) in [6.45, 7) is 6.80. The van der Waals surface area contributed by atoms with Crippen LogP contribution in [-0.4, -0.2) is 27.7 Å². The number of anilines is 1. The summed E-state index contributed by atoms with van der Waals surface area (Å²) in [6.07, 6.45) is 0.999. The van der Waals surface area contributed by atoms with Gasteiger partial charge in [-0.15, -0.1) is 0 Å². The van der Waals surface area contributed by atoms with Crippen molar-refractivity contribution in [2.45, 2.75) is 33.2 Å². The Bertz CT molecular complexity index is 1300. The van der Waals surface area contributed by atoms with Crippen LogP contribution in [0.3, 0.4) is 0 Å². The molecular weight excluding hydrogens is 470 g/mol. The molecule has 3 aromatic rings. The second-order valence-electron chi connectivity index (χ2n) is 7.84. The Labute approximate surface area is 190 Å². The lowest BCUT2D eigenvalue weighted by atomic mass is 10.1. The largest absolute Gasteiger partial charge is 0.462 e. The first-order valence-corrected chi connectivity index (χ1v) is 10.2. The predicted molar refractivity (Wildman–Crippen MR) is 117 cm³/mol. The molecule has 6 nitrogen and oxygen atoms in total. The van der Waals surface area contributed by atoms with E-state index >= 15 is 0 Å². The van der Waals surface area contributed by atoms with Gasteiger partial charge in [0.05, 0.1) is 22.5 Å². The maximum atomic E-state index is 14.5. The number of fused-ring (bicyclic) bond motifs is 1. The van der Waals surface area contributed by atoms with Gasteiger partial charge in [-0.25, -0.2) is 22.9 Å². The van der Waals surface area contributed by atoms with Crippen molar-refractivity contribution in [3.05, 3.63) is 61.6 Å². The minimum Gasteiger partial charge on any atom is -0.462 e. The molecule has 2 heterocycles. The molecule has 0 spiro atoms. The van der Waals surface area contributed by atoms with Gasteiger partial charge in [-0.05, 0) is 33.8 Å². The SMILES string of the molecule is CCOC(=O)c1cn(-c2nc(NC(C)(C)C)c(F)cc2Cl)c2c(Cl)c(F)c(F)cc2c1=O. The van der Waals surface area contributed by atoms with E-state index in [1.807, 2.05) is 0 Å². The van der Waals surface area contributed by atoms with Crippen molar-refractivity contribution in [3.63, 3.8) is 0 Å². The predicted octanol–water partition coefficient (Wildman–Crippen LogP) is 5.50. The summed E-state index contributed by atoms with van der Waals surface area (Å²) < 4.78 is 48.8. The number of hydrogen-bond donors (Lipinski definition) is 1. The second-order valence-corrected chi connectivity index (χ2v) is 8.63. The highest BCUT2D eigenvalue weighted by molar-refractivity contribution is 6.35. The molecule has 0 aliphatic heterocycles. The van der Waals surface area contributed by atoms with Crippen LogP contribution in [-0.2, 0) is 4.74 Å². The molecule has 0 saturated heterocycles. The fraction of sp³-hybridized carbons (Fsp3) is 0.286. The number of halogens is 5. The Balaban J connectivity index is 2.46. The maximum absolute atomic E-state index is 14.5. The van der Waals surface area contributed by atoms with Crippen LogP contribution in [0.4, 0.5) is 19.0 Å². The van der Waals surface area contributed by atoms with Gasteiger partial charge in [0.25, 0.3) is 0 Å². The first-order valence-electron chi connectivity index (χ1n) is 9.40. The molecule has 0 aliphatic carbocycles. The van der Waals surface area contributed by atoms with Crippen molar-refractivity contribution in [1.29, 1.82) is 0 Å². The van der Waals surface area contributed by atoms with Crippen LogP contribution in [0.2, 0.25) is 10.0 Å². The van der Waals surface area contributed by atoms with E-state index in [1.165, 1.54) is 6.92 Å². The number of rotatable bonds is 4. The molecule has 0 atom stereocenters. The van der Waals surface area contributed by atoms with Crippen molar-refractivity contribution >= 4 is 45.9 Å². The van der Waals surface area contributed by atoms with Crippen LogP contribution < -0.4 is 10.7 Å². The maximum Gasteiger partial charge on any atom is 0.343 e. The normalized spacial score (nSPS) is 11.7. The van der Waals surface area contributed by atoms with Crippen LogP contribution in [0, 0.1) is 17.5 Å². The number of ether oxygens (including phenoxy) is 1. The first-order chi connectivity index (χ1) is 14.9. The van der Waals surface area contributed by atoms with Crippen LogP contribution in [0.1, 0.15) is 38.1 Å². The van der Waals surface area contributed by atoms with Gasteiger partial charge in [-0.3, -0.25) is 9.36 Å². The van der Waals surface area contributed by atoms with Crippen LogP contribution >= 0.6 is 23.2 Å². The molecule has 0 amide bonds. The van der Waals surface area contributed by atoms with Crippen molar-refractivity contribution in [3.8, 4) is 5.82 Å². The number of hydrogen-bond acceptors (Lipinski definition) is 5. The van der Waals surface area contributed by atoms with Gasteiger partial charge >= 0.3 is 5.97 Å². The van der Waals surface area contributed by atoms with E-state index in [1.54, 1.807) is 20.8 Å². The average molecular weight is 488 g/mol. The summed E-state index contributed by atoms with van der Waals surface area (Å²) in [6, 6.07) is 1.57. The van der Waals surface area contributed by atoms with E-state index in [0.29, 0.717) is 6.07 Å². The van der Waals surface area contributed by atoms with Gasteiger partial charge in [0.2, 0.25) is 5.43 Å². The third-order valence-electron chi connectivity index (χ3n) is 4.25. The fourth-order valence-electron chi connectivity index (χ4n) is 2.98. The number of nitrogens with one attached hydrogen (secondary N) is 1. The molecule has 1 N–H and O–H groups in total. The van der Waals surface area contributed by atoms with Crippen LogP contribution in [0.5, 0.6) is 0 Å². The standard InChI is InChI=1S/C21H18Cl2F3N3O3/c1-5-32-20(31)10-8-29(16-9(17(10)30)6-12(24)15(26)14(16)23)19-11(22)7-13(25)18(27-19)28-21(2,3)4/h6-8H,5H2,1-4H3,(H,27,28). The molecular formula is C21H18Cl2F3N3O3. The number of carbonyl (C=O) groups excluding carboxylic acids is 1. The third-order valence-corrected chi connectivity index (χ3v) is 4.88. The summed E-state index contributed by atoms with van der Waals surface area (Å²) in [7, 11) is 0. The summed E-state index contributed by atoms with van der Waals surface area (Å²) in [4.78, 5) is 29.4. The molecule has 0 radical (unpaired) electrons. The lowest BCUT2D eigenvalue weighted by Crippen LogP contribution is -2.28. The molecule has 0 fully saturated rings. The Morgan fingerprint density at radius 2 is 1.84 bits per heavy atom. The summed E-state index contributed by atoms with van der Waals surface area (Å²) >= 11 is 12.2. The van der Waals surface area contributed by atoms with E-state index in [0.717, 1.165) is 16.8 Å². The van der Waals surface area contributed by atoms with Gasteiger partial charge in [0.1, 0.15) is 10.6 Å². The van der Waals surface area contributed by atoms with Gasteiger partial charge in [0, 0.05) is 17.8 Å². The smallest absolute Gasteiger partial charge is 0.343 e. The van der Waals surface area contributed by atoms with Crippen molar-refractivity contribution < 1.29 is 22.7 Å². The molecule has 2 aromatic heterocycles. The molecule has 32 heavy (non-hydrogen) atoms. The minimum absolute atomic E-state index is 0.0376. The van der Waals surface area contributed by atoms with Gasteiger partial charge in [-0.2, -0.15) is 0 Å². The highest BCUT2D eigenvalue weighted by Gasteiger charge is 2.25.